The second kappa shape index (κ2) is 6.13. The minimum absolute atomic E-state index is 0.129. The molecule has 6 nitrogen and oxygen atoms in total. The Morgan fingerprint density at radius 3 is 2.45 bits per heavy atom. The molecule has 0 N–H and O–H groups in total. The largest absolute Gasteiger partial charge is 0.465 e. The highest BCUT2D eigenvalue weighted by Crippen LogP contribution is 2.34. The average molecular weight is 344 g/mol. The number of esters is 1. The first-order valence-corrected chi connectivity index (χ1v) is 6.67. The van der Waals surface area contributed by atoms with Gasteiger partial charge in [-0.2, -0.15) is 0 Å². The number of rotatable bonds is 5. The summed E-state index contributed by atoms with van der Waals surface area (Å²) in [4.78, 5) is 34.1. The molecular weight excluding hydrogens is 330 g/mol. The van der Waals surface area contributed by atoms with Crippen LogP contribution in [0.5, 0.6) is 0 Å². The van der Waals surface area contributed by atoms with Crippen LogP contribution in [0.2, 0.25) is 0 Å². The van der Waals surface area contributed by atoms with Gasteiger partial charge in [0.25, 0.3) is 5.69 Å². The van der Waals surface area contributed by atoms with Crippen LogP contribution in [-0.4, -0.2) is 23.3 Å². The molecule has 0 bridgehead atoms. The number of nitro benzene ring substituents is 1. The molecule has 108 valence electrons. The van der Waals surface area contributed by atoms with Gasteiger partial charge in [-0.3, -0.25) is 19.7 Å². The van der Waals surface area contributed by atoms with Gasteiger partial charge in [0.2, 0.25) is 0 Å². The summed E-state index contributed by atoms with van der Waals surface area (Å²) in [7, 11) is 0. The fourth-order valence-electron chi connectivity index (χ4n) is 1.74. The van der Waals surface area contributed by atoms with Crippen molar-refractivity contribution in [1.82, 2.24) is 0 Å². The van der Waals surface area contributed by atoms with Crippen LogP contribution in [0, 0.1) is 10.1 Å². The second-order valence-corrected chi connectivity index (χ2v) is 5.18. The number of non-ortho nitro benzene ring substituents is 1. The number of nitrogens with zero attached hydrogens (tertiary/aromatic N) is 1. The Morgan fingerprint density at radius 1 is 1.45 bits per heavy atom. The van der Waals surface area contributed by atoms with E-state index < -0.39 is 22.1 Å². The lowest BCUT2D eigenvalue weighted by Gasteiger charge is -2.25. The molecule has 0 fully saturated rings. The standard InChI is InChI=1S/C13H14BrNO5/c1-4-20-12(17)13(3,8(2)16)10-6-5-9(15(18)19)7-11(10)14/h5-7H,4H2,1-3H3. The van der Waals surface area contributed by atoms with Gasteiger partial charge in [-0.15, -0.1) is 0 Å². The third-order valence-corrected chi connectivity index (χ3v) is 3.75. The Hall–Kier alpha value is -1.76. The molecule has 1 rings (SSSR count). The molecule has 0 amide bonds. The van der Waals surface area contributed by atoms with Gasteiger partial charge in [0.05, 0.1) is 11.5 Å². The van der Waals surface area contributed by atoms with Gasteiger partial charge >= 0.3 is 5.97 Å². The molecule has 7 heteroatoms. The Kier molecular flexibility index (Phi) is 4.99. The zero-order valence-electron chi connectivity index (χ0n) is 11.3. The fourth-order valence-corrected chi connectivity index (χ4v) is 2.51. The van der Waals surface area contributed by atoms with Crippen molar-refractivity contribution in [3.8, 4) is 0 Å². The third-order valence-electron chi connectivity index (χ3n) is 3.09. The Bertz CT molecular complexity index is 572. The van der Waals surface area contributed by atoms with Crippen LogP contribution in [-0.2, 0) is 19.7 Å². The first-order valence-electron chi connectivity index (χ1n) is 5.87. The van der Waals surface area contributed by atoms with Crippen molar-refractivity contribution in [1.29, 1.82) is 0 Å². The molecule has 0 aromatic heterocycles. The second-order valence-electron chi connectivity index (χ2n) is 4.32. The number of nitro groups is 1. The summed E-state index contributed by atoms with van der Waals surface area (Å²) in [5, 5.41) is 10.7. The molecular formula is C13H14BrNO5. The summed E-state index contributed by atoms with van der Waals surface area (Å²) in [5.41, 5.74) is -1.28. The number of ether oxygens (including phenoxy) is 1. The fraction of sp³-hybridized carbons (Fsp3) is 0.385. The van der Waals surface area contributed by atoms with E-state index in [1.54, 1.807) is 6.92 Å². The van der Waals surface area contributed by atoms with Gasteiger partial charge in [-0.25, -0.2) is 0 Å². The van der Waals surface area contributed by atoms with Crippen LogP contribution in [0.4, 0.5) is 5.69 Å². The summed E-state index contributed by atoms with van der Waals surface area (Å²) < 4.78 is 5.26. The maximum Gasteiger partial charge on any atom is 0.323 e. The molecule has 20 heavy (non-hydrogen) atoms. The lowest BCUT2D eigenvalue weighted by molar-refractivity contribution is -0.385. The molecule has 0 saturated carbocycles. The summed E-state index contributed by atoms with van der Waals surface area (Å²) in [6.07, 6.45) is 0. The van der Waals surface area contributed by atoms with E-state index in [2.05, 4.69) is 15.9 Å². The van der Waals surface area contributed by atoms with Gasteiger partial charge < -0.3 is 4.74 Å². The van der Waals surface area contributed by atoms with E-state index in [0.717, 1.165) is 0 Å². The van der Waals surface area contributed by atoms with Gasteiger partial charge in [-0.1, -0.05) is 15.9 Å². The summed E-state index contributed by atoms with van der Waals surface area (Å²) in [6.45, 7) is 4.51. The average Bonchev–Trinajstić information content (AvgIpc) is 2.37. The Morgan fingerprint density at radius 2 is 2.05 bits per heavy atom. The molecule has 0 aliphatic heterocycles. The highest BCUT2D eigenvalue weighted by molar-refractivity contribution is 9.10. The molecule has 0 aliphatic carbocycles. The molecule has 0 radical (unpaired) electrons. The third kappa shape index (κ3) is 2.87. The normalized spacial score (nSPS) is 13.4. The number of hydrogen-bond acceptors (Lipinski definition) is 5. The summed E-state index contributed by atoms with van der Waals surface area (Å²) in [6, 6.07) is 3.90. The minimum atomic E-state index is -1.50. The van der Waals surface area contributed by atoms with E-state index in [4.69, 9.17) is 4.74 Å². The number of ketones is 1. The number of hydrogen-bond donors (Lipinski definition) is 0. The smallest absolute Gasteiger partial charge is 0.323 e. The van der Waals surface area contributed by atoms with Crippen LogP contribution in [0.1, 0.15) is 26.3 Å². The number of carbonyl (C=O) groups excluding carboxylic acids is 2. The van der Waals surface area contributed by atoms with E-state index in [0.29, 0.717) is 10.0 Å². The van der Waals surface area contributed by atoms with Crippen molar-refractivity contribution in [3.05, 3.63) is 38.3 Å². The first kappa shape index (κ1) is 16.3. The lowest BCUT2D eigenvalue weighted by Crippen LogP contribution is -2.41. The van der Waals surface area contributed by atoms with E-state index in [1.807, 2.05) is 0 Å². The van der Waals surface area contributed by atoms with Crippen LogP contribution in [0.25, 0.3) is 0 Å². The van der Waals surface area contributed by atoms with Crippen LogP contribution >= 0.6 is 15.9 Å². The topological polar surface area (TPSA) is 86.5 Å². The van der Waals surface area contributed by atoms with Crippen molar-refractivity contribution in [2.75, 3.05) is 6.61 Å². The highest BCUT2D eigenvalue weighted by atomic mass is 79.9. The van der Waals surface area contributed by atoms with Gasteiger partial charge in [0.1, 0.15) is 5.41 Å². The highest BCUT2D eigenvalue weighted by Gasteiger charge is 2.43. The molecule has 1 unspecified atom stereocenters. The molecule has 1 aromatic rings. The summed E-state index contributed by atoms with van der Waals surface area (Å²) in [5.74, 6) is -1.08. The lowest BCUT2D eigenvalue weighted by atomic mass is 9.79. The van der Waals surface area contributed by atoms with Crippen molar-refractivity contribution in [2.24, 2.45) is 0 Å². The molecule has 0 spiro atoms. The summed E-state index contributed by atoms with van der Waals surface area (Å²) >= 11 is 3.17. The van der Waals surface area contributed by atoms with Crippen molar-refractivity contribution in [2.45, 2.75) is 26.2 Å². The number of halogens is 1. The predicted molar refractivity (Wildman–Crippen MR) is 75.5 cm³/mol. The minimum Gasteiger partial charge on any atom is -0.465 e. The van der Waals surface area contributed by atoms with Gasteiger partial charge in [0, 0.05) is 16.6 Å². The van der Waals surface area contributed by atoms with E-state index in [9.17, 15) is 19.7 Å². The number of Topliss-reactive ketones (excluding diaryl/α,β-unsaturated/α-hetero) is 1. The number of benzene rings is 1. The zero-order chi connectivity index (χ0) is 15.5. The Balaban J connectivity index is 3.40. The number of carbonyl (C=O) groups is 2. The van der Waals surface area contributed by atoms with Crippen molar-refractivity contribution < 1.29 is 19.2 Å². The molecule has 1 atom stereocenters. The monoisotopic (exact) mass is 343 g/mol. The van der Waals surface area contributed by atoms with E-state index >= 15 is 0 Å². The van der Waals surface area contributed by atoms with E-state index in [1.165, 1.54) is 32.0 Å². The maximum absolute atomic E-state index is 12.1. The Labute approximate surface area is 124 Å². The first-order chi connectivity index (χ1) is 9.25. The molecule has 0 aliphatic rings. The predicted octanol–water partition coefficient (Wildman–Crippen LogP) is 2.77. The van der Waals surface area contributed by atoms with Crippen LogP contribution in [0.3, 0.4) is 0 Å². The van der Waals surface area contributed by atoms with Gasteiger partial charge in [-0.05, 0) is 32.4 Å². The SMILES string of the molecule is CCOC(=O)C(C)(C(C)=O)c1ccc([N+](=O)[O-])cc1Br. The van der Waals surface area contributed by atoms with Crippen LogP contribution < -0.4 is 0 Å². The maximum atomic E-state index is 12.1. The van der Waals surface area contributed by atoms with Gasteiger partial charge in [0.15, 0.2) is 5.78 Å². The van der Waals surface area contributed by atoms with E-state index in [-0.39, 0.29) is 12.3 Å². The quantitative estimate of drug-likeness (QED) is 0.355. The molecule has 0 saturated heterocycles. The van der Waals surface area contributed by atoms with Crippen LogP contribution in [0.15, 0.2) is 22.7 Å². The van der Waals surface area contributed by atoms with Crippen molar-refractivity contribution in [3.63, 3.8) is 0 Å². The molecule has 0 heterocycles. The zero-order valence-corrected chi connectivity index (χ0v) is 12.9. The molecule has 1 aromatic carbocycles. The van der Waals surface area contributed by atoms with Crippen molar-refractivity contribution >= 4 is 33.4 Å².